The van der Waals surface area contributed by atoms with Gasteiger partial charge in [0.2, 0.25) is 5.91 Å². The lowest BCUT2D eigenvalue weighted by Gasteiger charge is -2.17. The zero-order valence-corrected chi connectivity index (χ0v) is 15.8. The molecule has 1 aromatic heterocycles. The number of aryl methyl sites for hydroxylation is 2. The monoisotopic (exact) mass is 369 g/mol. The van der Waals surface area contributed by atoms with Crippen LogP contribution in [0.4, 0.5) is 5.00 Å². The molecule has 136 valence electrons. The number of carbonyl (C=O) groups is 2. The number of benzene rings is 1. The van der Waals surface area contributed by atoms with Gasteiger partial charge >= 0.3 is 5.97 Å². The third-order valence-electron chi connectivity index (χ3n) is 5.11. The molecular formula is C21H23NO3S. The van der Waals surface area contributed by atoms with Crippen molar-refractivity contribution in [2.24, 2.45) is 5.92 Å². The van der Waals surface area contributed by atoms with Gasteiger partial charge in [-0.2, -0.15) is 0 Å². The minimum absolute atomic E-state index is 0.00869. The highest BCUT2D eigenvalue weighted by atomic mass is 32.1. The lowest BCUT2D eigenvalue weighted by atomic mass is 9.89. The quantitative estimate of drug-likeness (QED) is 0.769. The molecule has 1 amide bonds. The number of amides is 1. The minimum Gasteiger partial charge on any atom is -0.462 e. The van der Waals surface area contributed by atoms with Crippen LogP contribution in [0.15, 0.2) is 23.6 Å². The predicted octanol–water partition coefficient (Wildman–Crippen LogP) is 4.82. The van der Waals surface area contributed by atoms with E-state index in [0.717, 1.165) is 36.8 Å². The average Bonchev–Trinajstić information content (AvgIpc) is 3.42. The number of ether oxygens (including phenoxy) is 1. The second kappa shape index (κ2) is 7.23. The number of anilines is 1. The summed E-state index contributed by atoms with van der Waals surface area (Å²) >= 11 is 1.40. The molecule has 0 saturated heterocycles. The molecule has 4 rings (SSSR count). The summed E-state index contributed by atoms with van der Waals surface area (Å²) in [5.41, 5.74) is 5.15. The highest BCUT2D eigenvalue weighted by Gasteiger charge is 2.31. The summed E-state index contributed by atoms with van der Waals surface area (Å²) < 4.78 is 5.28. The van der Waals surface area contributed by atoms with E-state index in [9.17, 15) is 9.59 Å². The van der Waals surface area contributed by atoms with E-state index in [1.54, 1.807) is 6.92 Å². The Kier molecular flexibility index (Phi) is 4.81. The average molecular weight is 369 g/mol. The molecule has 0 radical (unpaired) electrons. The van der Waals surface area contributed by atoms with Crippen LogP contribution in [0, 0.1) is 5.92 Å². The summed E-state index contributed by atoms with van der Waals surface area (Å²) in [6.07, 6.45) is 6.55. The van der Waals surface area contributed by atoms with Crippen molar-refractivity contribution in [1.29, 1.82) is 0 Å². The van der Waals surface area contributed by atoms with Crippen molar-refractivity contribution in [3.63, 3.8) is 0 Å². The molecule has 2 aromatic rings. The molecule has 5 heteroatoms. The Balaban J connectivity index is 1.71. The van der Waals surface area contributed by atoms with E-state index in [0.29, 0.717) is 17.2 Å². The van der Waals surface area contributed by atoms with Gasteiger partial charge in [-0.3, -0.25) is 4.79 Å². The first-order valence-electron chi connectivity index (χ1n) is 9.39. The van der Waals surface area contributed by atoms with Gasteiger partial charge in [0.25, 0.3) is 0 Å². The van der Waals surface area contributed by atoms with Gasteiger partial charge in [-0.15, -0.1) is 11.3 Å². The Labute approximate surface area is 157 Å². The van der Waals surface area contributed by atoms with Gasteiger partial charge < -0.3 is 10.1 Å². The first kappa shape index (κ1) is 17.3. The molecule has 0 atom stereocenters. The second-order valence-corrected chi connectivity index (χ2v) is 7.91. The molecule has 1 fully saturated rings. The van der Waals surface area contributed by atoms with Crippen LogP contribution in [-0.2, 0) is 22.4 Å². The summed E-state index contributed by atoms with van der Waals surface area (Å²) in [5, 5.41) is 5.51. The number of thiophene rings is 1. The standard InChI is InChI=1S/C21H23NO3S/c1-2-25-21(24)18-17(12-26-20(18)22-19(23)14-8-9-14)16-10-7-13-5-3-4-6-15(13)11-16/h7,10-12,14H,2-6,8-9H2,1H3,(H,22,23). The topological polar surface area (TPSA) is 55.4 Å². The Bertz CT molecular complexity index is 851. The molecule has 1 heterocycles. The SMILES string of the molecule is CCOC(=O)c1c(-c2ccc3c(c2)CCCC3)csc1NC(=O)C1CC1. The third-order valence-corrected chi connectivity index (χ3v) is 6.01. The summed E-state index contributed by atoms with van der Waals surface area (Å²) in [4.78, 5) is 24.8. The number of rotatable bonds is 5. The molecule has 2 aliphatic rings. The summed E-state index contributed by atoms with van der Waals surface area (Å²) in [6, 6.07) is 6.46. The molecule has 0 spiro atoms. The van der Waals surface area contributed by atoms with E-state index < -0.39 is 0 Å². The van der Waals surface area contributed by atoms with Crippen molar-refractivity contribution in [2.75, 3.05) is 11.9 Å². The van der Waals surface area contributed by atoms with Gasteiger partial charge in [-0.25, -0.2) is 4.79 Å². The molecule has 0 aliphatic heterocycles. The van der Waals surface area contributed by atoms with Gasteiger partial charge in [0, 0.05) is 16.9 Å². The molecule has 26 heavy (non-hydrogen) atoms. The van der Waals surface area contributed by atoms with Gasteiger partial charge in [0.1, 0.15) is 10.6 Å². The largest absolute Gasteiger partial charge is 0.462 e. The van der Waals surface area contributed by atoms with Crippen LogP contribution in [0.2, 0.25) is 0 Å². The predicted molar refractivity (Wildman–Crippen MR) is 104 cm³/mol. The van der Waals surface area contributed by atoms with Crippen LogP contribution < -0.4 is 5.32 Å². The van der Waals surface area contributed by atoms with Crippen molar-refractivity contribution >= 4 is 28.2 Å². The lowest BCUT2D eigenvalue weighted by molar-refractivity contribution is -0.117. The lowest BCUT2D eigenvalue weighted by Crippen LogP contribution is -2.15. The zero-order valence-electron chi connectivity index (χ0n) is 15.0. The van der Waals surface area contributed by atoms with E-state index >= 15 is 0 Å². The van der Waals surface area contributed by atoms with Crippen LogP contribution in [0.25, 0.3) is 11.1 Å². The van der Waals surface area contributed by atoms with E-state index in [4.69, 9.17) is 4.74 Å². The molecular weight excluding hydrogens is 346 g/mol. The van der Waals surface area contributed by atoms with E-state index in [1.807, 2.05) is 5.38 Å². The number of carbonyl (C=O) groups excluding carboxylic acids is 2. The normalized spacial score (nSPS) is 16.0. The minimum atomic E-state index is -0.368. The number of hydrogen-bond acceptors (Lipinski definition) is 4. The van der Waals surface area contributed by atoms with Crippen LogP contribution in [0.5, 0.6) is 0 Å². The summed E-state index contributed by atoms with van der Waals surface area (Å²) in [7, 11) is 0. The fourth-order valence-electron chi connectivity index (χ4n) is 3.53. The fourth-order valence-corrected chi connectivity index (χ4v) is 4.49. The number of esters is 1. The Hall–Kier alpha value is -2.14. The molecule has 1 aromatic carbocycles. The first-order chi connectivity index (χ1) is 12.7. The van der Waals surface area contributed by atoms with Gasteiger partial charge in [0.05, 0.1) is 6.61 Å². The van der Waals surface area contributed by atoms with Crippen molar-refractivity contribution in [3.05, 3.63) is 40.3 Å². The van der Waals surface area contributed by atoms with Crippen LogP contribution in [-0.4, -0.2) is 18.5 Å². The molecule has 0 unspecified atom stereocenters. The van der Waals surface area contributed by atoms with Gasteiger partial charge in [0.15, 0.2) is 0 Å². The second-order valence-electron chi connectivity index (χ2n) is 7.03. The first-order valence-corrected chi connectivity index (χ1v) is 10.3. The Morgan fingerprint density at radius 2 is 1.96 bits per heavy atom. The summed E-state index contributed by atoms with van der Waals surface area (Å²) in [6.45, 7) is 2.11. The molecule has 4 nitrogen and oxygen atoms in total. The molecule has 0 bridgehead atoms. The van der Waals surface area contributed by atoms with Crippen molar-refractivity contribution in [3.8, 4) is 11.1 Å². The molecule has 1 N–H and O–H groups in total. The van der Waals surface area contributed by atoms with Crippen LogP contribution in [0.3, 0.4) is 0 Å². The summed E-state index contributed by atoms with van der Waals surface area (Å²) in [5.74, 6) is -0.263. The maximum atomic E-state index is 12.6. The van der Waals surface area contributed by atoms with E-state index in [2.05, 4.69) is 23.5 Å². The third kappa shape index (κ3) is 3.40. The van der Waals surface area contributed by atoms with Crippen LogP contribution >= 0.6 is 11.3 Å². The van der Waals surface area contributed by atoms with Gasteiger partial charge in [-0.05, 0) is 62.1 Å². The fraction of sp³-hybridized carbons (Fsp3) is 0.429. The number of nitrogens with one attached hydrogen (secondary N) is 1. The van der Waals surface area contributed by atoms with E-state index in [1.165, 1.54) is 35.3 Å². The smallest absolute Gasteiger partial charge is 0.341 e. The highest BCUT2D eigenvalue weighted by Crippen LogP contribution is 2.39. The zero-order chi connectivity index (χ0) is 18.1. The highest BCUT2D eigenvalue weighted by molar-refractivity contribution is 7.15. The van der Waals surface area contributed by atoms with Crippen LogP contribution in [0.1, 0.15) is 54.1 Å². The Morgan fingerprint density at radius 1 is 1.19 bits per heavy atom. The number of hydrogen-bond donors (Lipinski definition) is 1. The maximum Gasteiger partial charge on any atom is 0.341 e. The Morgan fingerprint density at radius 3 is 2.69 bits per heavy atom. The van der Waals surface area contributed by atoms with Gasteiger partial charge in [-0.1, -0.05) is 18.2 Å². The van der Waals surface area contributed by atoms with E-state index in [-0.39, 0.29) is 17.8 Å². The maximum absolute atomic E-state index is 12.6. The van der Waals surface area contributed by atoms with Crippen molar-refractivity contribution < 1.29 is 14.3 Å². The number of fused-ring (bicyclic) bond motifs is 1. The van der Waals surface area contributed by atoms with Crippen molar-refractivity contribution in [1.82, 2.24) is 0 Å². The van der Waals surface area contributed by atoms with Crippen molar-refractivity contribution in [2.45, 2.75) is 45.4 Å². The molecule has 2 aliphatic carbocycles. The molecule has 1 saturated carbocycles.